The third-order valence-corrected chi connectivity index (χ3v) is 6.38. The normalized spacial score (nSPS) is 11.1. The molecule has 0 unspecified atom stereocenters. The van der Waals surface area contributed by atoms with Gasteiger partial charge in [-0.05, 0) is 29.8 Å². The molecule has 4 nitrogen and oxygen atoms in total. The van der Waals surface area contributed by atoms with E-state index in [1.54, 1.807) is 6.08 Å². The van der Waals surface area contributed by atoms with E-state index in [0.717, 1.165) is 33.8 Å². The molecule has 0 saturated heterocycles. The van der Waals surface area contributed by atoms with Crippen LogP contribution in [0.5, 0.6) is 0 Å². The maximum Gasteiger partial charge on any atom is 0.192 e. The lowest BCUT2D eigenvalue weighted by Crippen LogP contribution is -2.02. The van der Waals surface area contributed by atoms with Crippen LogP contribution in [0.3, 0.4) is 0 Å². The van der Waals surface area contributed by atoms with E-state index in [9.17, 15) is 8.78 Å². The molecular weight excluding hydrogens is 450 g/mol. The minimum Gasteiger partial charge on any atom is -0.298 e. The van der Waals surface area contributed by atoms with Crippen LogP contribution in [0.1, 0.15) is 5.56 Å². The summed E-state index contributed by atoms with van der Waals surface area (Å²) < 4.78 is 29.2. The van der Waals surface area contributed by atoms with Crippen molar-refractivity contribution in [1.29, 1.82) is 0 Å². The van der Waals surface area contributed by atoms with Crippen molar-refractivity contribution in [3.8, 4) is 22.6 Å². The van der Waals surface area contributed by atoms with Gasteiger partial charge in [-0.25, -0.2) is 13.8 Å². The summed E-state index contributed by atoms with van der Waals surface area (Å²) in [7, 11) is 0. The van der Waals surface area contributed by atoms with Crippen LogP contribution in [0, 0.1) is 11.6 Å². The van der Waals surface area contributed by atoms with Crippen LogP contribution < -0.4 is 0 Å². The molecule has 34 heavy (non-hydrogen) atoms. The Morgan fingerprint density at radius 2 is 1.62 bits per heavy atom. The zero-order chi connectivity index (χ0) is 23.5. The molecule has 0 bridgehead atoms. The molecule has 3 aromatic carbocycles. The highest BCUT2D eigenvalue weighted by atomic mass is 32.2. The van der Waals surface area contributed by atoms with Crippen molar-refractivity contribution in [2.45, 2.75) is 17.5 Å². The summed E-state index contributed by atoms with van der Waals surface area (Å²) in [6.07, 6.45) is 1.78. The van der Waals surface area contributed by atoms with Gasteiger partial charge in [0.25, 0.3) is 0 Å². The zero-order valence-electron chi connectivity index (χ0n) is 18.2. The monoisotopic (exact) mass is 470 g/mol. The number of thioether (sulfide) groups is 1. The van der Waals surface area contributed by atoms with Gasteiger partial charge in [0.2, 0.25) is 0 Å². The average molecular weight is 471 g/mol. The van der Waals surface area contributed by atoms with Crippen molar-refractivity contribution in [1.82, 2.24) is 19.7 Å². The number of pyridine rings is 1. The van der Waals surface area contributed by atoms with Crippen molar-refractivity contribution < 1.29 is 8.78 Å². The summed E-state index contributed by atoms with van der Waals surface area (Å²) in [6, 6.07) is 23.5. The van der Waals surface area contributed by atoms with Crippen molar-refractivity contribution >= 4 is 22.7 Å². The molecule has 0 saturated carbocycles. The van der Waals surface area contributed by atoms with Gasteiger partial charge in [-0.2, -0.15) is 0 Å². The quantitative estimate of drug-likeness (QED) is 0.191. The highest BCUT2D eigenvalue weighted by molar-refractivity contribution is 7.98. The highest BCUT2D eigenvalue weighted by Crippen LogP contribution is 2.33. The van der Waals surface area contributed by atoms with E-state index in [2.05, 4.69) is 16.8 Å². The number of hydrogen-bond acceptors (Lipinski definition) is 4. The zero-order valence-corrected chi connectivity index (χ0v) is 19.0. The molecule has 0 atom stereocenters. The first-order valence-corrected chi connectivity index (χ1v) is 11.7. The lowest BCUT2D eigenvalue weighted by atomic mass is 10.0. The van der Waals surface area contributed by atoms with Crippen LogP contribution in [-0.4, -0.2) is 19.7 Å². The first kappa shape index (κ1) is 22.0. The largest absolute Gasteiger partial charge is 0.298 e. The third-order valence-electron chi connectivity index (χ3n) is 5.35. The third kappa shape index (κ3) is 4.47. The molecule has 0 N–H and O–H groups in total. The lowest BCUT2D eigenvalue weighted by molar-refractivity contribution is 0.581. The standard InChI is InChI=1S/C27H20F2N4S/c1-2-12-33-26(31-32-27(33)34-17-18-13-20(28)15-21(29)14-18)23-16-25(19-8-4-3-5-9-19)30-24-11-7-6-10-22(23)24/h2-11,13-16H,1,12,17H2. The highest BCUT2D eigenvalue weighted by Gasteiger charge is 2.18. The second-order valence-corrected chi connectivity index (χ2v) is 8.65. The van der Waals surface area contributed by atoms with Gasteiger partial charge in [-0.3, -0.25) is 4.57 Å². The maximum atomic E-state index is 13.6. The molecule has 0 fully saturated rings. The van der Waals surface area contributed by atoms with Gasteiger partial charge in [0, 0.05) is 34.9 Å². The Labute approximate surface area is 200 Å². The molecule has 0 aliphatic carbocycles. The summed E-state index contributed by atoms with van der Waals surface area (Å²) in [5, 5.41) is 10.5. The first-order chi connectivity index (χ1) is 16.6. The number of fused-ring (bicyclic) bond motifs is 1. The summed E-state index contributed by atoms with van der Waals surface area (Å²) in [6.45, 7) is 4.37. The van der Waals surface area contributed by atoms with Gasteiger partial charge in [0.15, 0.2) is 11.0 Å². The first-order valence-electron chi connectivity index (χ1n) is 10.7. The summed E-state index contributed by atoms with van der Waals surface area (Å²) in [4.78, 5) is 4.85. The predicted octanol–water partition coefficient (Wildman–Crippen LogP) is 6.92. The smallest absolute Gasteiger partial charge is 0.192 e. The Kier molecular flexibility index (Phi) is 6.18. The summed E-state index contributed by atoms with van der Waals surface area (Å²) in [5.41, 5.74) is 4.15. The maximum absolute atomic E-state index is 13.6. The van der Waals surface area contributed by atoms with E-state index in [1.165, 1.54) is 23.9 Å². The van der Waals surface area contributed by atoms with E-state index in [-0.39, 0.29) is 0 Å². The molecule has 0 aliphatic heterocycles. The number of halogens is 2. The van der Waals surface area contributed by atoms with E-state index in [1.807, 2.05) is 65.2 Å². The number of hydrogen-bond donors (Lipinski definition) is 0. The Morgan fingerprint density at radius 3 is 2.38 bits per heavy atom. The SMILES string of the molecule is C=CCn1c(SCc2cc(F)cc(F)c2)nnc1-c1cc(-c2ccccc2)nc2ccccc12. The predicted molar refractivity (Wildman–Crippen MR) is 132 cm³/mol. The summed E-state index contributed by atoms with van der Waals surface area (Å²) in [5.74, 6) is -0.152. The van der Waals surface area contributed by atoms with Gasteiger partial charge in [0.05, 0.1) is 11.2 Å². The molecule has 2 heterocycles. The molecule has 0 spiro atoms. The van der Waals surface area contributed by atoms with Gasteiger partial charge >= 0.3 is 0 Å². The Hall–Kier alpha value is -3.84. The number of nitrogens with zero attached hydrogens (tertiary/aromatic N) is 4. The van der Waals surface area contributed by atoms with Gasteiger partial charge in [-0.1, -0.05) is 66.4 Å². The number of aromatic nitrogens is 4. The number of rotatable bonds is 7. The number of allylic oxidation sites excluding steroid dienone is 1. The van der Waals surface area contributed by atoms with Crippen LogP contribution in [0.25, 0.3) is 33.5 Å². The minimum atomic E-state index is -0.597. The molecule has 5 rings (SSSR count). The van der Waals surface area contributed by atoms with Crippen LogP contribution in [0.15, 0.2) is 96.7 Å². The van der Waals surface area contributed by atoms with Crippen LogP contribution in [-0.2, 0) is 12.3 Å². The Balaban J connectivity index is 1.59. The number of benzene rings is 3. The average Bonchev–Trinajstić information content (AvgIpc) is 3.24. The minimum absolute atomic E-state index is 0.357. The summed E-state index contributed by atoms with van der Waals surface area (Å²) >= 11 is 1.37. The molecule has 0 amide bonds. The van der Waals surface area contributed by atoms with Crippen LogP contribution in [0.2, 0.25) is 0 Å². The Morgan fingerprint density at radius 1 is 0.882 bits per heavy atom. The molecule has 7 heteroatoms. The molecular formula is C27H20F2N4S. The van der Waals surface area contributed by atoms with Gasteiger partial charge in [0.1, 0.15) is 11.6 Å². The fraction of sp³-hybridized carbons (Fsp3) is 0.0741. The number of para-hydroxylation sites is 1. The van der Waals surface area contributed by atoms with E-state index < -0.39 is 11.6 Å². The van der Waals surface area contributed by atoms with E-state index >= 15 is 0 Å². The Bertz CT molecular complexity index is 1460. The van der Waals surface area contributed by atoms with E-state index in [4.69, 9.17) is 4.98 Å². The van der Waals surface area contributed by atoms with Crippen LogP contribution >= 0.6 is 11.8 Å². The molecule has 0 radical (unpaired) electrons. The van der Waals surface area contributed by atoms with Crippen molar-refractivity contribution in [3.05, 3.63) is 109 Å². The molecule has 168 valence electrons. The second kappa shape index (κ2) is 9.57. The van der Waals surface area contributed by atoms with Gasteiger partial charge in [-0.15, -0.1) is 16.8 Å². The van der Waals surface area contributed by atoms with Crippen LogP contribution in [0.4, 0.5) is 8.78 Å². The fourth-order valence-electron chi connectivity index (χ4n) is 3.85. The van der Waals surface area contributed by atoms with Crippen molar-refractivity contribution in [2.24, 2.45) is 0 Å². The topological polar surface area (TPSA) is 43.6 Å². The van der Waals surface area contributed by atoms with Crippen molar-refractivity contribution in [2.75, 3.05) is 0 Å². The lowest BCUT2D eigenvalue weighted by Gasteiger charge is -2.12. The van der Waals surface area contributed by atoms with E-state index in [0.29, 0.717) is 28.8 Å². The fourth-order valence-corrected chi connectivity index (χ4v) is 4.73. The molecule has 0 aliphatic rings. The molecule has 2 aromatic heterocycles. The van der Waals surface area contributed by atoms with Crippen molar-refractivity contribution in [3.63, 3.8) is 0 Å². The second-order valence-electron chi connectivity index (χ2n) is 7.71. The molecule has 5 aromatic rings. The van der Waals surface area contributed by atoms with Gasteiger partial charge < -0.3 is 0 Å².